The minimum atomic E-state index is -0.260. The summed E-state index contributed by atoms with van der Waals surface area (Å²) in [6.45, 7) is 8.34. The van der Waals surface area contributed by atoms with Gasteiger partial charge in [-0.1, -0.05) is 44.7 Å². The number of nitrogens with zero attached hydrogens (tertiary/aromatic N) is 2. The third-order valence-corrected chi connectivity index (χ3v) is 4.20. The molecule has 116 valence electrons. The fourth-order valence-corrected chi connectivity index (χ4v) is 2.58. The number of carbonyl (C=O) groups excluding carboxylic acids is 1. The van der Waals surface area contributed by atoms with Crippen molar-refractivity contribution in [3.8, 4) is 0 Å². The molecule has 2 aromatic rings. The fraction of sp³-hybridized carbons (Fsp3) is 0.353. The third kappa shape index (κ3) is 4.56. The monoisotopic (exact) mass is 315 g/mol. The maximum atomic E-state index is 12.2. The van der Waals surface area contributed by atoms with Gasteiger partial charge in [0.2, 0.25) is 5.91 Å². The Morgan fingerprint density at radius 1 is 1.14 bits per heavy atom. The summed E-state index contributed by atoms with van der Waals surface area (Å²) in [5, 5.41) is 3.27. The van der Waals surface area contributed by atoms with E-state index in [0.717, 1.165) is 5.69 Å². The molecule has 0 saturated carbocycles. The van der Waals surface area contributed by atoms with Gasteiger partial charge in [-0.15, -0.1) is 0 Å². The van der Waals surface area contributed by atoms with Crippen LogP contribution in [0, 0.1) is 0 Å². The highest BCUT2D eigenvalue weighted by atomic mass is 32.2. The van der Waals surface area contributed by atoms with Crippen molar-refractivity contribution >= 4 is 23.4 Å². The van der Waals surface area contributed by atoms with Crippen LogP contribution in [0.2, 0.25) is 0 Å². The molecule has 1 amide bonds. The van der Waals surface area contributed by atoms with Crippen LogP contribution in [0.5, 0.6) is 0 Å². The molecule has 5 heteroatoms. The molecule has 0 bridgehead atoms. The Labute approximate surface area is 135 Å². The minimum absolute atomic E-state index is 0.0547. The molecule has 0 aliphatic carbocycles. The first-order valence-corrected chi connectivity index (χ1v) is 8.09. The summed E-state index contributed by atoms with van der Waals surface area (Å²) in [4.78, 5) is 20.4. The highest BCUT2D eigenvalue weighted by Gasteiger charge is 2.17. The van der Waals surface area contributed by atoms with Crippen LogP contribution in [0.3, 0.4) is 0 Å². The Bertz CT molecular complexity index is 621. The van der Waals surface area contributed by atoms with E-state index in [2.05, 4.69) is 36.1 Å². The van der Waals surface area contributed by atoms with E-state index < -0.39 is 0 Å². The molecule has 22 heavy (non-hydrogen) atoms. The number of benzene rings is 1. The number of carbonyl (C=O) groups is 1. The van der Waals surface area contributed by atoms with Crippen LogP contribution in [-0.2, 0) is 10.2 Å². The van der Waals surface area contributed by atoms with Crippen LogP contribution in [-0.4, -0.2) is 21.1 Å². The van der Waals surface area contributed by atoms with E-state index in [-0.39, 0.29) is 16.6 Å². The molecule has 1 atom stereocenters. The lowest BCUT2D eigenvalue weighted by Gasteiger charge is -2.19. The number of nitrogens with one attached hydrogen (secondary N) is 1. The standard InChI is InChI=1S/C17H21N3OS/c1-12(22-16-18-10-5-11-19-16)15(21)20-14-8-6-13(7-9-14)17(2,3)4/h5-12H,1-4H3,(H,20,21)/t12-/m1/s1. The molecule has 2 rings (SSSR count). The zero-order valence-electron chi connectivity index (χ0n) is 13.3. The van der Waals surface area contributed by atoms with Gasteiger partial charge in [-0.25, -0.2) is 9.97 Å². The van der Waals surface area contributed by atoms with Crippen molar-refractivity contribution in [1.29, 1.82) is 0 Å². The number of hydrogen-bond acceptors (Lipinski definition) is 4. The highest BCUT2D eigenvalue weighted by Crippen LogP contribution is 2.24. The normalized spacial score (nSPS) is 12.7. The lowest BCUT2D eigenvalue weighted by molar-refractivity contribution is -0.115. The summed E-state index contributed by atoms with van der Waals surface area (Å²) in [6, 6.07) is 9.73. The third-order valence-electron chi connectivity index (χ3n) is 3.21. The number of aromatic nitrogens is 2. The summed E-state index contributed by atoms with van der Waals surface area (Å²) in [5.41, 5.74) is 2.15. The van der Waals surface area contributed by atoms with Crippen molar-refractivity contribution in [2.24, 2.45) is 0 Å². The second-order valence-electron chi connectivity index (χ2n) is 6.11. The first-order chi connectivity index (χ1) is 10.4. The molecule has 0 spiro atoms. The fourth-order valence-electron chi connectivity index (χ4n) is 1.86. The molecule has 1 aromatic carbocycles. The molecular weight excluding hydrogens is 294 g/mol. The quantitative estimate of drug-likeness (QED) is 0.687. The van der Waals surface area contributed by atoms with Crippen molar-refractivity contribution in [2.75, 3.05) is 5.32 Å². The average molecular weight is 315 g/mol. The first-order valence-electron chi connectivity index (χ1n) is 7.21. The molecule has 0 saturated heterocycles. The van der Waals surface area contributed by atoms with Crippen LogP contribution in [0.4, 0.5) is 5.69 Å². The topological polar surface area (TPSA) is 54.9 Å². The van der Waals surface area contributed by atoms with E-state index >= 15 is 0 Å². The zero-order valence-corrected chi connectivity index (χ0v) is 14.1. The molecule has 0 radical (unpaired) electrons. The van der Waals surface area contributed by atoms with Gasteiger partial charge in [0.1, 0.15) is 0 Å². The Balaban J connectivity index is 1.96. The average Bonchev–Trinajstić information content (AvgIpc) is 2.48. The molecule has 1 aromatic heterocycles. The predicted octanol–water partition coefficient (Wildman–Crippen LogP) is 3.89. The van der Waals surface area contributed by atoms with E-state index in [9.17, 15) is 4.79 Å². The van der Waals surface area contributed by atoms with Gasteiger partial charge >= 0.3 is 0 Å². The van der Waals surface area contributed by atoms with Crippen LogP contribution in [0.15, 0.2) is 47.9 Å². The van der Waals surface area contributed by atoms with Crippen molar-refractivity contribution < 1.29 is 4.79 Å². The second-order valence-corrected chi connectivity index (χ2v) is 7.42. The van der Waals surface area contributed by atoms with Gasteiger partial charge in [-0.3, -0.25) is 4.79 Å². The summed E-state index contributed by atoms with van der Waals surface area (Å²) in [5.74, 6) is -0.0547. The summed E-state index contributed by atoms with van der Waals surface area (Å²) < 4.78 is 0. The summed E-state index contributed by atoms with van der Waals surface area (Å²) in [6.07, 6.45) is 3.34. The largest absolute Gasteiger partial charge is 0.325 e. The van der Waals surface area contributed by atoms with Crippen molar-refractivity contribution in [1.82, 2.24) is 9.97 Å². The molecule has 0 aliphatic rings. The van der Waals surface area contributed by atoms with Gasteiger partial charge < -0.3 is 5.32 Å². The van der Waals surface area contributed by atoms with Crippen LogP contribution >= 0.6 is 11.8 Å². The van der Waals surface area contributed by atoms with Crippen LogP contribution in [0.1, 0.15) is 33.3 Å². The first kappa shape index (κ1) is 16.5. The van der Waals surface area contributed by atoms with E-state index in [0.29, 0.717) is 5.16 Å². The molecular formula is C17H21N3OS. The number of anilines is 1. The van der Waals surface area contributed by atoms with Gasteiger partial charge in [0.15, 0.2) is 5.16 Å². The molecule has 1 N–H and O–H groups in total. The van der Waals surface area contributed by atoms with Crippen molar-refractivity contribution in [3.05, 3.63) is 48.3 Å². The van der Waals surface area contributed by atoms with Gasteiger partial charge in [-0.05, 0) is 36.1 Å². The minimum Gasteiger partial charge on any atom is -0.325 e. The number of rotatable bonds is 4. The Kier molecular flexibility index (Phi) is 5.19. The van der Waals surface area contributed by atoms with Gasteiger partial charge in [-0.2, -0.15) is 0 Å². The molecule has 4 nitrogen and oxygen atoms in total. The SMILES string of the molecule is C[C@@H](Sc1ncccn1)C(=O)Nc1ccc(C(C)(C)C)cc1. The van der Waals surface area contributed by atoms with Crippen molar-refractivity contribution in [3.63, 3.8) is 0 Å². The lowest BCUT2D eigenvalue weighted by Crippen LogP contribution is -2.22. The highest BCUT2D eigenvalue weighted by molar-refractivity contribution is 8.00. The van der Waals surface area contributed by atoms with Crippen LogP contribution < -0.4 is 5.32 Å². The lowest BCUT2D eigenvalue weighted by atomic mass is 9.87. The summed E-state index contributed by atoms with van der Waals surface area (Å²) >= 11 is 1.34. The smallest absolute Gasteiger partial charge is 0.237 e. The van der Waals surface area contributed by atoms with Crippen LogP contribution in [0.25, 0.3) is 0 Å². The Morgan fingerprint density at radius 2 is 1.73 bits per heavy atom. The zero-order chi connectivity index (χ0) is 16.2. The summed E-state index contributed by atoms with van der Waals surface area (Å²) in [7, 11) is 0. The molecule has 0 unspecified atom stereocenters. The number of amides is 1. The van der Waals surface area contributed by atoms with Crippen molar-refractivity contribution in [2.45, 2.75) is 43.5 Å². The van der Waals surface area contributed by atoms with Gasteiger partial charge in [0.05, 0.1) is 5.25 Å². The number of thioether (sulfide) groups is 1. The predicted molar refractivity (Wildman–Crippen MR) is 91.1 cm³/mol. The molecule has 0 fully saturated rings. The van der Waals surface area contributed by atoms with E-state index in [4.69, 9.17) is 0 Å². The maximum Gasteiger partial charge on any atom is 0.237 e. The molecule has 0 aliphatic heterocycles. The van der Waals surface area contributed by atoms with Gasteiger partial charge in [0, 0.05) is 18.1 Å². The van der Waals surface area contributed by atoms with E-state index in [1.54, 1.807) is 18.5 Å². The molecule has 1 heterocycles. The van der Waals surface area contributed by atoms with E-state index in [1.807, 2.05) is 31.2 Å². The second kappa shape index (κ2) is 6.92. The van der Waals surface area contributed by atoms with E-state index in [1.165, 1.54) is 17.3 Å². The Hall–Kier alpha value is -1.88. The van der Waals surface area contributed by atoms with Gasteiger partial charge in [0.25, 0.3) is 0 Å². The maximum absolute atomic E-state index is 12.2. The number of hydrogen-bond donors (Lipinski definition) is 1. The Morgan fingerprint density at radius 3 is 2.27 bits per heavy atom.